The van der Waals surface area contributed by atoms with Crippen LogP contribution in [0.5, 0.6) is 5.75 Å². The van der Waals surface area contributed by atoms with Gasteiger partial charge in [-0.2, -0.15) is 0 Å². The number of hydrogen-bond donors (Lipinski definition) is 1. The summed E-state index contributed by atoms with van der Waals surface area (Å²) in [6, 6.07) is 17.8. The highest BCUT2D eigenvalue weighted by atomic mass is 16.6. The number of fused-ring (bicyclic) bond motifs is 2. The van der Waals surface area contributed by atoms with E-state index in [-0.39, 0.29) is 40.1 Å². The summed E-state index contributed by atoms with van der Waals surface area (Å²) < 4.78 is 13.0. The molecule has 0 spiro atoms. The quantitative estimate of drug-likeness (QED) is 0.240. The molecule has 0 unspecified atom stereocenters. The number of ether oxygens (including phenoxy) is 2. The number of aromatic nitrogens is 4. The molecule has 2 aromatic carbocycles. The lowest BCUT2D eigenvalue weighted by Gasteiger charge is -2.22. The molecule has 0 radical (unpaired) electrons. The van der Waals surface area contributed by atoms with Gasteiger partial charge < -0.3 is 14.6 Å². The number of para-hydroxylation sites is 2. The van der Waals surface area contributed by atoms with Crippen molar-refractivity contribution in [3.63, 3.8) is 0 Å². The number of nitrogens with zero attached hydrogens (tertiary/aromatic N) is 4. The Morgan fingerprint density at radius 2 is 1.62 bits per heavy atom. The Kier molecular flexibility index (Phi) is 8.29. The molecular weight excluding hydrogens is 576 g/mol. The van der Waals surface area contributed by atoms with Crippen molar-refractivity contribution in [2.75, 3.05) is 7.11 Å². The number of aromatic carboxylic acids is 1. The van der Waals surface area contributed by atoms with Crippen molar-refractivity contribution in [1.29, 1.82) is 0 Å². The van der Waals surface area contributed by atoms with E-state index in [1.807, 2.05) is 12.1 Å². The van der Waals surface area contributed by atoms with Crippen LogP contribution < -0.4 is 16.0 Å². The fourth-order valence-corrected chi connectivity index (χ4v) is 5.33. The minimum atomic E-state index is -1.31. The second-order valence-electron chi connectivity index (χ2n) is 12.0. The Morgan fingerprint density at radius 1 is 0.933 bits per heavy atom. The average molecular weight is 611 g/mol. The third kappa shape index (κ3) is 6.06. The summed E-state index contributed by atoms with van der Waals surface area (Å²) in [5.41, 5.74) is -1.22. The van der Waals surface area contributed by atoms with Gasteiger partial charge in [-0.3, -0.25) is 14.2 Å². The Bertz CT molecular complexity index is 2090. The molecule has 0 fully saturated rings. The molecule has 1 N–H and O–H groups in total. The number of carbonyl (C=O) groups excluding carboxylic acids is 1. The number of pyridine rings is 2. The Labute approximate surface area is 258 Å². The van der Waals surface area contributed by atoms with Gasteiger partial charge in [0.1, 0.15) is 17.9 Å². The van der Waals surface area contributed by atoms with Crippen LogP contribution in [0.15, 0.2) is 70.3 Å². The molecule has 11 heteroatoms. The molecule has 0 saturated heterocycles. The van der Waals surface area contributed by atoms with Gasteiger partial charge in [-0.15, -0.1) is 0 Å². The molecule has 0 bridgehead atoms. The summed E-state index contributed by atoms with van der Waals surface area (Å²) in [7, 11) is 1.50. The highest BCUT2D eigenvalue weighted by Gasteiger charge is 2.30. The second kappa shape index (κ2) is 12.0. The van der Waals surface area contributed by atoms with E-state index in [1.54, 1.807) is 83.1 Å². The van der Waals surface area contributed by atoms with Crippen molar-refractivity contribution in [2.24, 2.45) is 0 Å². The third-order valence-electron chi connectivity index (χ3n) is 7.23. The van der Waals surface area contributed by atoms with Gasteiger partial charge in [-0.25, -0.2) is 24.1 Å². The topological polar surface area (TPSA) is 143 Å². The lowest BCUT2D eigenvalue weighted by molar-refractivity contribution is -0.155. The molecule has 45 heavy (non-hydrogen) atoms. The summed E-state index contributed by atoms with van der Waals surface area (Å²) >= 11 is 0. The molecule has 5 rings (SSSR count). The van der Waals surface area contributed by atoms with Gasteiger partial charge >= 0.3 is 17.6 Å². The van der Waals surface area contributed by atoms with Crippen LogP contribution in [0.3, 0.4) is 0 Å². The molecule has 3 heterocycles. The standard InChI is InChI=1S/C34H34N4O7/c1-19(2)29-27(32(41)42)26(23-16-15-20-11-7-9-13-22(20)35-23)28-30(36-29)37(17-21-12-8-10-14-24(21)44-6)33(43)38(31(28)40)18-25(39)45-34(3,4)5/h7-16,19H,17-18H2,1-6H3,(H,41,42). The lowest BCUT2D eigenvalue weighted by Crippen LogP contribution is -2.43. The number of benzene rings is 2. The summed E-state index contributed by atoms with van der Waals surface area (Å²) in [5.74, 6) is -2.03. The molecular formula is C34H34N4O7. The summed E-state index contributed by atoms with van der Waals surface area (Å²) in [6.45, 7) is 7.80. The number of carboxylic acids is 1. The number of hydrogen-bond acceptors (Lipinski definition) is 8. The molecule has 5 aromatic rings. The highest BCUT2D eigenvalue weighted by molar-refractivity contribution is 6.06. The first-order valence-corrected chi connectivity index (χ1v) is 14.4. The van der Waals surface area contributed by atoms with Crippen LogP contribution in [0.1, 0.15) is 62.2 Å². The van der Waals surface area contributed by atoms with Gasteiger partial charge in [0, 0.05) is 16.5 Å². The minimum absolute atomic E-state index is 0.0127. The molecule has 0 saturated carbocycles. The van der Waals surface area contributed by atoms with E-state index in [9.17, 15) is 24.3 Å². The number of rotatable bonds is 8. The van der Waals surface area contributed by atoms with Crippen LogP contribution in [-0.4, -0.2) is 48.9 Å². The first-order chi connectivity index (χ1) is 21.3. The van der Waals surface area contributed by atoms with E-state index in [4.69, 9.17) is 14.5 Å². The zero-order valence-electron chi connectivity index (χ0n) is 26.0. The number of carbonyl (C=O) groups is 2. The number of esters is 1. The van der Waals surface area contributed by atoms with Crippen LogP contribution in [0.2, 0.25) is 0 Å². The van der Waals surface area contributed by atoms with Crippen molar-refractivity contribution >= 4 is 33.9 Å². The Balaban J connectivity index is 1.96. The van der Waals surface area contributed by atoms with Crippen molar-refractivity contribution in [3.05, 3.63) is 98.3 Å². The maximum Gasteiger partial charge on any atom is 0.338 e. The van der Waals surface area contributed by atoms with Gasteiger partial charge in [0.15, 0.2) is 5.65 Å². The molecule has 11 nitrogen and oxygen atoms in total. The fourth-order valence-electron chi connectivity index (χ4n) is 5.33. The normalized spacial score (nSPS) is 11.7. The van der Waals surface area contributed by atoms with Crippen LogP contribution >= 0.6 is 0 Å². The fraction of sp³-hybridized carbons (Fsp3) is 0.294. The average Bonchev–Trinajstić information content (AvgIpc) is 2.99. The summed E-state index contributed by atoms with van der Waals surface area (Å²) in [6.07, 6.45) is 0. The van der Waals surface area contributed by atoms with Gasteiger partial charge in [0.2, 0.25) is 0 Å². The lowest BCUT2D eigenvalue weighted by atomic mass is 9.94. The van der Waals surface area contributed by atoms with Crippen LogP contribution in [0, 0.1) is 0 Å². The first-order valence-electron chi connectivity index (χ1n) is 14.4. The van der Waals surface area contributed by atoms with Crippen LogP contribution in [0.4, 0.5) is 0 Å². The van der Waals surface area contributed by atoms with E-state index in [2.05, 4.69) is 4.98 Å². The maximum atomic E-state index is 14.3. The largest absolute Gasteiger partial charge is 0.496 e. The maximum absolute atomic E-state index is 14.3. The predicted molar refractivity (Wildman–Crippen MR) is 170 cm³/mol. The summed E-state index contributed by atoms with van der Waals surface area (Å²) in [5, 5.41) is 11.2. The van der Waals surface area contributed by atoms with Gasteiger partial charge in [0.25, 0.3) is 5.56 Å². The van der Waals surface area contributed by atoms with E-state index >= 15 is 0 Å². The molecule has 0 atom stereocenters. The van der Waals surface area contributed by atoms with Gasteiger partial charge in [-0.1, -0.05) is 56.3 Å². The zero-order valence-corrected chi connectivity index (χ0v) is 26.0. The SMILES string of the molecule is COc1ccccc1Cn1c(=O)n(CC(=O)OC(C)(C)C)c(=O)c2c(-c3ccc4ccccc4n3)c(C(=O)O)c(C(C)C)nc21. The van der Waals surface area contributed by atoms with Crippen LogP contribution in [-0.2, 0) is 22.6 Å². The Hall–Kier alpha value is -5.32. The van der Waals surface area contributed by atoms with Crippen molar-refractivity contribution < 1.29 is 24.2 Å². The monoisotopic (exact) mass is 610 g/mol. The molecule has 0 aliphatic rings. The van der Waals surface area contributed by atoms with Gasteiger partial charge in [-0.05, 0) is 44.9 Å². The van der Waals surface area contributed by atoms with Gasteiger partial charge in [0.05, 0.1) is 41.5 Å². The number of carboxylic acid groups (broad SMARTS) is 1. The summed E-state index contributed by atoms with van der Waals surface area (Å²) in [4.78, 5) is 63.8. The Morgan fingerprint density at radius 3 is 2.29 bits per heavy atom. The molecule has 0 aliphatic carbocycles. The van der Waals surface area contributed by atoms with Crippen molar-refractivity contribution in [2.45, 2.75) is 59.2 Å². The van der Waals surface area contributed by atoms with Crippen molar-refractivity contribution in [1.82, 2.24) is 19.1 Å². The second-order valence-corrected chi connectivity index (χ2v) is 12.0. The van der Waals surface area contributed by atoms with E-state index < -0.39 is 41.3 Å². The van der Waals surface area contributed by atoms with Crippen molar-refractivity contribution in [3.8, 4) is 17.0 Å². The third-order valence-corrected chi connectivity index (χ3v) is 7.23. The smallest absolute Gasteiger partial charge is 0.338 e. The molecule has 3 aromatic heterocycles. The first kappa shape index (κ1) is 31.1. The highest BCUT2D eigenvalue weighted by Crippen LogP contribution is 2.34. The van der Waals surface area contributed by atoms with E-state index in [1.165, 1.54) is 11.7 Å². The molecule has 0 aliphatic heterocycles. The van der Waals surface area contributed by atoms with E-state index in [0.717, 1.165) is 9.95 Å². The number of methoxy groups -OCH3 is 1. The van der Waals surface area contributed by atoms with E-state index in [0.29, 0.717) is 16.8 Å². The molecule has 0 amide bonds. The zero-order chi connectivity index (χ0) is 32.6. The minimum Gasteiger partial charge on any atom is -0.496 e. The predicted octanol–water partition coefficient (Wildman–Crippen LogP) is 4.99. The molecule has 232 valence electrons. The van der Waals surface area contributed by atoms with Crippen LogP contribution in [0.25, 0.3) is 33.2 Å².